The van der Waals surface area contributed by atoms with Crippen molar-refractivity contribution in [2.75, 3.05) is 0 Å². The number of fused-ring (bicyclic) bond motifs is 1. The van der Waals surface area contributed by atoms with Gasteiger partial charge in [-0.25, -0.2) is 0 Å². The molecular weight excluding hydrogens is 212 g/mol. The Labute approximate surface area is 105 Å². The van der Waals surface area contributed by atoms with E-state index in [9.17, 15) is 10.2 Å². The Kier molecular flexibility index (Phi) is 3.16. The van der Waals surface area contributed by atoms with Gasteiger partial charge in [0.25, 0.3) is 0 Å². The highest BCUT2D eigenvalue weighted by molar-refractivity contribution is 5.19. The summed E-state index contributed by atoms with van der Waals surface area (Å²) in [6.45, 7) is 8.51. The van der Waals surface area contributed by atoms with Crippen LogP contribution in [0.3, 0.4) is 0 Å². The molecule has 0 radical (unpaired) electrons. The molecule has 1 fully saturated rings. The van der Waals surface area contributed by atoms with Gasteiger partial charge in [-0.1, -0.05) is 32.4 Å². The van der Waals surface area contributed by atoms with Crippen LogP contribution in [0.15, 0.2) is 11.6 Å². The first kappa shape index (κ1) is 13.1. The molecule has 98 valence electrons. The van der Waals surface area contributed by atoms with Gasteiger partial charge < -0.3 is 10.2 Å². The van der Waals surface area contributed by atoms with Crippen molar-refractivity contribution in [1.82, 2.24) is 0 Å². The van der Waals surface area contributed by atoms with Crippen molar-refractivity contribution in [2.24, 2.45) is 17.3 Å². The summed E-state index contributed by atoms with van der Waals surface area (Å²) in [5.74, 6) is 0.746. The Hall–Kier alpha value is -0.340. The highest BCUT2D eigenvalue weighted by Gasteiger charge is 2.53. The van der Waals surface area contributed by atoms with E-state index < -0.39 is 5.60 Å². The SMILES string of the molecule is CC(C)C1=CC[C@@]2(C)[C@H](O)CC[C@](C)(O)[C@@H]2C1. The van der Waals surface area contributed by atoms with Crippen LogP contribution in [-0.4, -0.2) is 21.9 Å². The minimum absolute atomic E-state index is 0.139. The second-order valence-corrected chi connectivity index (χ2v) is 6.81. The van der Waals surface area contributed by atoms with Gasteiger partial charge in [-0.15, -0.1) is 0 Å². The van der Waals surface area contributed by atoms with Crippen molar-refractivity contribution in [1.29, 1.82) is 0 Å². The van der Waals surface area contributed by atoms with Crippen molar-refractivity contribution >= 4 is 0 Å². The van der Waals surface area contributed by atoms with Crippen LogP contribution < -0.4 is 0 Å². The molecule has 2 rings (SSSR count). The summed E-state index contributed by atoms with van der Waals surface area (Å²) in [5, 5.41) is 20.9. The zero-order valence-electron chi connectivity index (χ0n) is 11.5. The largest absolute Gasteiger partial charge is 0.393 e. The Morgan fingerprint density at radius 3 is 2.59 bits per heavy atom. The summed E-state index contributed by atoms with van der Waals surface area (Å²) in [5.41, 5.74) is 0.685. The molecule has 4 atom stereocenters. The van der Waals surface area contributed by atoms with Crippen LogP contribution in [0.4, 0.5) is 0 Å². The van der Waals surface area contributed by atoms with Gasteiger partial charge in [0.2, 0.25) is 0 Å². The third-order valence-corrected chi connectivity index (χ3v) is 5.22. The minimum Gasteiger partial charge on any atom is -0.393 e. The summed E-state index contributed by atoms with van der Waals surface area (Å²) >= 11 is 0. The van der Waals surface area contributed by atoms with E-state index in [0.717, 1.165) is 25.7 Å². The second-order valence-electron chi connectivity index (χ2n) is 6.81. The zero-order chi connectivity index (χ0) is 12.8. The Bertz CT molecular complexity index is 330. The van der Waals surface area contributed by atoms with E-state index in [0.29, 0.717) is 5.92 Å². The minimum atomic E-state index is -0.623. The molecule has 0 unspecified atom stereocenters. The Balaban J connectivity index is 2.33. The van der Waals surface area contributed by atoms with Gasteiger partial charge in [-0.3, -0.25) is 0 Å². The molecule has 0 aromatic carbocycles. The maximum Gasteiger partial charge on any atom is 0.0658 e. The zero-order valence-corrected chi connectivity index (χ0v) is 11.5. The molecule has 0 heterocycles. The first-order valence-corrected chi connectivity index (χ1v) is 6.87. The topological polar surface area (TPSA) is 40.5 Å². The van der Waals surface area contributed by atoms with Crippen LogP contribution in [0, 0.1) is 17.3 Å². The van der Waals surface area contributed by atoms with E-state index in [4.69, 9.17) is 0 Å². The molecule has 0 aromatic heterocycles. The van der Waals surface area contributed by atoms with Crippen molar-refractivity contribution in [3.8, 4) is 0 Å². The fraction of sp³-hybridized carbons (Fsp3) is 0.867. The van der Waals surface area contributed by atoms with Gasteiger partial charge in [-0.2, -0.15) is 0 Å². The first-order chi connectivity index (χ1) is 7.77. The quantitative estimate of drug-likeness (QED) is 0.690. The fourth-order valence-corrected chi connectivity index (χ4v) is 3.75. The summed E-state index contributed by atoms with van der Waals surface area (Å²) in [7, 11) is 0. The van der Waals surface area contributed by atoms with E-state index in [1.807, 2.05) is 6.92 Å². The number of rotatable bonds is 1. The summed E-state index contributed by atoms with van der Waals surface area (Å²) in [6, 6.07) is 0. The molecule has 0 bridgehead atoms. The molecule has 0 saturated heterocycles. The average molecular weight is 238 g/mol. The van der Waals surface area contributed by atoms with Gasteiger partial charge in [-0.05, 0) is 44.4 Å². The molecule has 0 aliphatic heterocycles. The van der Waals surface area contributed by atoms with Crippen LogP contribution in [0.1, 0.15) is 53.4 Å². The third kappa shape index (κ3) is 2.06. The average Bonchev–Trinajstić information content (AvgIpc) is 2.24. The number of aliphatic hydroxyl groups excluding tert-OH is 1. The number of hydrogen-bond donors (Lipinski definition) is 2. The van der Waals surface area contributed by atoms with Gasteiger partial charge >= 0.3 is 0 Å². The van der Waals surface area contributed by atoms with Crippen LogP contribution in [0.25, 0.3) is 0 Å². The number of allylic oxidation sites excluding steroid dienone is 2. The summed E-state index contributed by atoms with van der Waals surface area (Å²) in [6.07, 6.45) is 5.33. The van der Waals surface area contributed by atoms with Gasteiger partial charge in [0.05, 0.1) is 11.7 Å². The smallest absolute Gasteiger partial charge is 0.0658 e. The normalized spacial score (nSPS) is 46.6. The predicted octanol–water partition coefficient (Wildman–Crippen LogP) is 2.89. The molecule has 1 saturated carbocycles. The van der Waals surface area contributed by atoms with Crippen LogP contribution in [0.2, 0.25) is 0 Å². The fourth-order valence-electron chi connectivity index (χ4n) is 3.75. The lowest BCUT2D eigenvalue weighted by atomic mass is 9.54. The molecule has 2 heteroatoms. The first-order valence-electron chi connectivity index (χ1n) is 6.87. The molecule has 2 aliphatic carbocycles. The second kappa shape index (κ2) is 4.10. The number of aliphatic hydroxyl groups is 2. The third-order valence-electron chi connectivity index (χ3n) is 5.22. The number of hydrogen-bond acceptors (Lipinski definition) is 2. The van der Waals surface area contributed by atoms with Crippen LogP contribution in [0.5, 0.6) is 0 Å². The molecular formula is C15H26O2. The highest BCUT2D eigenvalue weighted by atomic mass is 16.3. The standard InChI is InChI=1S/C15H26O2/c1-10(2)11-5-7-14(3)12(9-11)15(4,17)8-6-13(14)16/h5,10,12-13,16-17H,6-9H2,1-4H3/t12-,13-,14-,15+/m1/s1. The van der Waals surface area contributed by atoms with Gasteiger partial charge in [0.15, 0.2) is 0 Å². The van der Waals surface area contributed by atoms with Crippen LogP contribution >= 0.6 is 0 Å². The van der Waals surface area contributed by atoms with Crippen molar-refractivity contribution in [2.45, 2.75) is 65.1 Å². The van der Waals surface area contributed by atoms with Gasteiger partial charge in [0, 0.05) is 5.41 Å². The Morgan fingerprint density at radius 1 is 1.35 bits per heavy atom. The van der Waals surface area contributed by atoms with E-state index in [-0.39, 0.29) is 17.4 Å². The molecule has 2 N–H and O–H groups in total. The monoisotopic (exact) mass is 238 g/mol. The van der Waals surface area contributed by atoms with Crippen LogP contribution in [-0.2, 0) is 0 Å². The lowest BCUT2D eigenvalue weighted by molar-refractivity contribution is -0.152. The maximum atomic E-state index is 10.6. The molecule has 17 heavy (non-hydrogen) atoms. The lowest BCUT2D eigenvalue weighted by Crippen LogP contribution is -2.56. The predicted molar refractivity (Wildman–Crippen MR) is 69.6 cm³/mol. The van der Waals surface area contributed by atoms with Crippen molar-refractivity contribution in [3.05, 3.63) is 11.6 Å². The van der Waals surface area contributed by atoms with E-state index in [2.05, 4.69) is 26.8 Å². The Morgan fingerprint density at radius 2 is 2.00 bits per heavy atom. The summed E-state index contributed by atoms with van der Waals surface area (Å²) in [4.78, 5) is 0. The van der Waals surface area contributed by atoms with Crippen molar-refractivity contribution in [3.63, 3.8) is 0 Å². The molecule has 0 aromatic rings. The van der Waals surface area contributed by atoms with Crippen molar-refractivity contribution < 1.29 is 10.2 Å². The molecule has 2 aliphatic rings. The lowest BCUT2D eigenvalue weighted by Gasteiger charge is -2.54. The highest BCUT2D eigenvalue weighted by Crippen LogP contribution is 2.54. The molecule has 0 spiro atoms. The maximum absolute atomic E-state index is 10.6. The molecule has 0 amide bonds. The molecule has 2 nitrogen and oxygen atoms in total. The summed E-state index contributed by atoms with van der Waals surface area (Å²) < 4.78 is 0. The van der Waals surface area contributed by atoms with E-state index >= 15 is 0 Å². The van der Waals surface area contributed by atoms with Gasteiger partial charge in [0.1, 0.15) is 0 Å². The van der Waals surface area contributed by atoms with E-state index in [1.165, 1.54) is 5.57 Å². The van der Waals surface area contributed by atoms with E-state index in [1.54, 1.807) is 0 Å².